The van der Waals surface area contributed by atoms with Crippen LogP contribution in [0.15, 0.2) is 28.9 Å². The predicted octanol–water partition coefficient (Wildman–Crippen LogP) is 3.44. The molecule has 17 heavy (non-hydrogen) atoms. The van der Waals surface area contributed by atoms with Crippen LogP contribution in [0.2, 0.25) is 0 Å². The maximum absolute atomic E-state index is 13.0. The first-order valence-electron chi connectivity index (χ1n) is 5.40. The van der Waals surface area contributed by atoms with E-state index in [1.165, 1.54) is 12.1 Å². The molecule has 0 fully saturated rings. The SMILES string of the molecule is CCCn1cc(N)c(-c2ccc(F)cc2Br)n1. The standard InChI is InChI=1S/C12H13BrFN3/c1-2-5-17-7-11(15)12(16-17)9-4-3-8(14)6-10(9)13/h3-4,6-7H,2,5,15H2,1H3. The van der Waals surface area contributed by atoms with Crippen LogP contribution in [0.1, 0.15) is 13.3 Å². The number of aromatic nitrogens is 2. The van der Waals surface area contributed by atoms with Gasteiger partial charge in [-0.2, -0.15) is 5.10 Å². The van der Waals surface area contributed by atoms with Crippen LogP contribution in [0.4, 0.5) is 10.1 Å². The molecule has 0 bridgehead atoms. The summed E-state index contributed by atoms with van der Waals surface area (Å²) in [6.07, 6.45) is 2.79. The molecule has 90 valence electrons. The largest absolute Gasteiger partial charge is 0.396 e. The van der Waals surface area contributed by atoms with Crippen LogP contribution in [0.5, 0.6) is 0 Å². The zero-order valence-electron chi connectivity index (χ0n) is 9.45. The van der Waals surface area contributed by atoms with Crippen molar-refractivity contribution < 1.29 is 4.39 Å². The maximum atomic E-state index is 13.0. The number of rotatable bonds is 3. The van der Waals surface area contributed by atoms with E-state index in [0.717, 1.165) is 18.5 Å². The van der Waals surface area contributed by atoms with E-state index in [0.29, 0.717) is 15.9 Å². The van der Waals surface area contributed by atoms with E-state index in [4.69, 9.17) is 5.73 Å². The molecule has 0 spiro atoms. The number of hydrogen-bond acceptors (Lipinski definition) is 2. The monoisotopic (exact) mass is 297 g/mol. The van der Waals surface area contributed by atoms with Crippen LogP contribution < -0.4 is 5.73 Å². The molecule has 3 nitrogen and oxygen atoms in total. The molecule has 0 aliphatic heterocycles. The third-order valence-electron chi connectivity index (χ3n) is 2.43. The number of aryl methyl sites for hydroxylation is 1. The average molecular weight is 298 g/mol. The lowest BCUT2D eigenvalue weighted by Gasteiger charge is -2.02. The summed E-state index contributed by atoms with van der Waals surface area (Å²) < 4.78 is 15.5. The fourth-order valence-corrected chi connectivity index (χ4v) is 2.21. The number of nitrogens with two attached hydrogens (primary N) is 1. The minimum absolute atomic E-state index is 0.285. The fourth-order valence-electron chi connectivity index (χ4n) is 1.67. The second kappa shape index (κ2) is 4.87. The van der Waals surface area contributed by atoms with E-state index < -0.39 is 0 Å². The lowest BCUT2D eigenvalue weighted by atomic mass is 10.1. The zero-order valence-corrected chi connectivity index (χ0v) is 11.0. The van der Waals surface area contributed by atoms with Crippen LogP contribution in [-0.2, 0) is 6.54 Å². The predicted molar refractivity (Wildman–Crippen MR) is 70.0 cm³/mol. The first kappa shape index (κ1) is 12.1. The molecule has 1 aromatic carbocycles. The van der Waals surface area contributed by atoms with Gasteiger partial charge in [0.2, 0.25) is 0 Å². The van der Waals surface area contributed by atoms with E-state index in [2.05, 4.69) is 28.0 Å². The molecule has 0 unspecified atom stereocenters. The Morgan fingerprint density at radius 2 is 2.24 bits per heavy atom. The van der Waals surface area contributed by atoms with E-state index in [1.807, 2.05) is 0 Å². The summed E-state index contributed by atoms with van der Waals surface area (Å²) in [4.78, 5) is 0. The van der Waals surface area contributed by atoms with Gasteiger partial charge in [-0.15, -0.1) is 0 Å². The van der Waals surface area contributed by atoms with Gasteiger partial charge in [-0.05, 0) is 40.5 Å². The summed E-state index contributed by atoms with van der Waals surface area (Å²) in [5, 5.41) is 4.40. The Hall–Kier alpha value is -1.36. The quantitative estimate of drug-likeness (QED) is 0.943. The highest BCUT2D eigenvalue weighted by molar-refractivity contribution is 9.10. The maximum Gasteiger partial charge on any atom is 0.124 e. The van der Waals surface area contributed by atoms with Gasteiger partial charge >= 0.3 is 0 Å². The van der Waals surface area contributed by atoms with Crippen LogP contribution in [0.3, 0.4) is 0 Å². The Bertz CT molecular complexity index is 537. The molecule has 2 rings (SSSR count). The van der Waals surface area contributed by atoms with Crippen molar-refractivity contribution in [1.82, 2.24) is 9.78 Å². The van der Waals surface area contributed by atoms with Gasteiger partial charge in [0, 0.05) is 22.8 Å². The van der Waals surface area contributed by atoms with Crippen molar-refractivity contribution in [2.45, 2.75) is 19.9 Å². The van der Waals surface area contributed by atoms with Gasteiger partial charge in [0.1, 0.15) is 11.5 Å². The number of nitrogens with zero attached hydrogens (tertiary/aromatic N) is 2. The van der Waals surface area contributed by atoms with Gasteiger partial charge < -0.3 is 5.73 Å². The lowest BCUT2D eigenvalue weighted by molar-refractivity contribution is 0.604. The molecule has 0 saturated heterocycles. The summed E-state index contributed by atoms with van der Waals surface area (Å²) in [6, 6.07) is 4.49. The van der Waals surface area contributed by atoms with Crippen molar-refractivity contribution in [3.8, 4) is 11.3 Å². The Morgan fingerprint density at radius 3 is 2.88 bits per heavy atom. The third kappa shape index (κ3) is 2.49. The lowest BCUT2D eigenvalue weighted by Crippen LogP contribution is -1.97. The Balaban J connectivity index is 2.45. The average Bonchev–Trinajstić information content (AvgIpc) is 2.60. The number of anilines is 1. The minimum Gasteiger partial charge on any atom is -0.396 e. The van der Waals surface area contributed by atoms with E-state index in [-0.39, 0.29) is 5.82 Å². The van der Waals surface area contributed by atoms with Gasteiger partial charge in [-0.25, -0.2) is 4.39 Å². The fraction of sp³-hybridized carbons (Fsp3) is 0.250. The van der Waals surface area contributed by atoms with Crippen molar-refractivity contribution in [2.75, 3.05) is 5.73 Å². The second-order valence-electron chi connectivity index (χ2n) is 3.82. The first-order valence-corrected chi connectivity index (χ1v) is 6.19. The first-order chi connectivity index (χ1) is 8.11. The number of hydrogen-bond donors (Lipinski definition) is 1. The Kier molecular flexibility index (Phi) is 3.47. The van der Waals surface area contributed by atoms with Crippen molar-refractivity contribution in [2.24, 2.45) is 0 Å². The molecular formula is C12H13BrFN3. The molecule has 0 saturated carbocycles. The molecule has 0 atom stereocenters. The molecule has 0 aliphatic carbocycles. The van der Waals surface area contributed by atoms with Crippen LogP contribution in [0, 0.1) is 5.82 Å². The summed E-state index contributed by atoms with van der Waals surface area (Å²) in [7, 11) is 0. The molecular weight excluding hydrogens is 285 g/mol. The number of halogens is 2. The molecule has 2 N–H and O–H groups in total. The van der Waals surface area contributed by atoms with E-state index in [1.54, 1.807) is 16.9 Å². The Labute approximate surface area is 108 Å². The van der Waals surface area contributed by atoms with Crippen LogP contribution >= 0.6 is 15.9 Å². The summed E-state index contributed by atoms with van der Waals surface area (Å²) in [6.45, 7) is 2.90. The van der Waals surface area contributed by atoms with E-state index in [9.17, 15) is 4.39 Å². The number of benzene rings is 1. The summed E-state index contributed by atoms with van der Waals surface area (Å²) in [5.41, 5.74) is 8.01. The minimum atomic E-state index is -0.285. The smallest absolute Gasteiger partial charge is 0.124 e. The van der Waals surface area contributed by atoms with Gasteiger partial charge in [-0.3, -0.25) is 4.68 Å². The van der Waals surface area contributed by atoms with Crippen molar-refractivity contribution in [3.63, 3.8) is 0 Å². The Morgan fingerprint density at radius 1 is 1.47 bits per heavy atom. The highest BCUT2D eigenvalue weighted by atomic mass is 79.9. The normalized spacial score (nSPS) is 10.8. The second-order valence-corrected chi connectivity index (χ2v) is 4.67. The topological polar surface area (TPSA) is 43.8 Å². The third-order valence-corrected chi connectivity index (χ3v) is 3.09. The van der Waals surface area contributed by atoms with Crippen molar-refractivity contribution in [3.05, 3.63) is 34.7 Å². The molecule has 0 radical (unpaired) electrons. The highest BCUT2D eigenvalue weighted by Crippen LogP contribution is 2.31. The molecule has 5 heteroatoms. The molecule has 1 heterocycles. The molecule has 0 aliphatic rings. The molecule has 0 amide bonds. The van der Waals surface area contributed by atoms with Gasteiger partial charge in [0.25, 0.3) is 0 Å². The number of nitrogen functional groups attached to an aromatic ring is 1. The van der Waals surface area contributed by atoms with Crippen LogP contribution in [-0.4, -0.2) is 9.78 Å². The zero-order chi connectivity index (χ0) is 12.4. The summed E-state index contributed by atoms with van der Waals surface area (Å²) in [5.74, 6) is -0.285. The van der Waals surface area contributed by atoms with Crippen LogP contribution in [0.25, 0.3) is 11.3 Å². The molecule has 1 aromatic heterocycles. The van der Waals surface area contributed by atoms with Crippen molar-refractivity contribution in [1.29, 1.82) is 0 Å². The van der Waals surface area contributed by atoms with Gasteiger partial charge in [-0.1, -0.05) is 6.92 Å². The molecule has 2 aromatic rings. The highest BCUT2D eigenvalue weighted by Gasteiger charge is 2.12. The van der Waals surface area contributed by atoms with E-state index >= 15 is 0 Å². The van der Waals surface area contributed by atoms with Gasteiger partial charge in [0.05, 0.1) is 5.69 Å². The van der Waals surface area contributed by atoms with Gasteiger partial charge in [0.15, 0.2) is 0 Å². The summed E-state index contributed by atoms with van der Waals surface area (Å²) >= 11 is 3.32. The van der Waals surface area contributed by atoms with Crippen molar-refractivity contribution >= 4 is 21.6 Å².